The summed E-state index contributed by atoms with van der Waals surface area (Å²) in [7, 11) is 0. The molecule has 2 N–H and O–H groups in total. The number of hydrogen-bond acceptors (Lipinski definition) is 2. The highest BCUT2D eigenvalue weighted by Gasteiger charge is 2.30. The van der Waals surface area contributed by atoms with Gasteiger partial charge < -0.3 is 10.6 Å². The molecule has 4 heteroatoms. The van der Waals surface area contributed by atoms with Crippen LogP contribution in [0.4, 0.5) is 0 Å². The van der Waals surface area contributed by atoms with Crippen molar-refractivity contribution in [3.8, 4) is 11.1 Å². The number of benzene rings is 10. The third-order valence-corrected chi connectivity index (χ3v) is 14.0. The highest BCUT2D eigenvalue weighted by atomic mass is 16.2. The number of nitrogens with one attached hydrogen (secondary N) is 2. The van der Waals surface area contributed by atoms with Crippen molar-refractivity contribution in [2.75, 3.05) is 0 Å². The number of carbonyl (C=O) groups excluding carboxylic acids is 2. The molecule has 0 aliphatic carbocycles. The predicted molar refractivity (Wildman–Crippen MR) is 346 cm³/mol. The number of hydrogen-bond donors (Lipinski definition) is 2. The zero-order chi connectivity index (χ0) is 57.1. The lowest BCUT2D eigenvalue weighted by Crippen LogP contribution is -2.41. The number of amides is 2. The molecule has 402 valence electrons. The monoisotopic (exact) mass is 1060 g/mol. The van der Waals surface area contributed by atoms with Crippen molar-refractivity contribution in [3.05, 3.63) is 345 Å². The van der Waals surface area contributed by atoms with Gasteiger partial charge in [-0.1, -0.05) is 243 Å². The second-order valence-electron chi connectivity index (χ2n) is 22.6. The first-order valence-electron chi connectivity index (χ1n) is 28.1. The van der Waals surface area contributed by atoms with Gasteiger partial charge >= 0.3 is 0 Å². The van der Waals surface area contributed by atoms with E-state index in [4.69, 9.17) is 0 Å². The molecule has 0 heterocycles. The minimum atomic E-state index is -0.596. The fourth-order valence-electron chi connectivity index (χ4n) is 10.4. The molecule has 82 heavy (non-hydrogen) atoms. The standard InChI is InChI=1S/C78H68N2O2/c1-77(2,3)79-75(81)73-69(65(59-39-23-11-24-40-59)47-55-31-15-7-16-32-55)51-63(52-70(73)66(60-41-25-12-26-42-60)48-56-33-17-8-18-34-56)64-53-71(67(61-43-27-13-28-44-61)49-57-35-19-9-20-36-57)74(76(82)80-78(4,5)6)72(54-64)68(62-45-29-14-30-46-62)50-58-37-21-10-22-38-58/h7-54H,1-6H3,(H,79,81)(H,80,82)/b65-47+,66-48+,67-49+,68-50+. The van der Waals surface area contributed by atoms with Crippen molar-refractivity contribution in [1.29, 1.82) is 0 Å². The van der Waals surface area contributed by atoms with Crippen LogP contribution in [0, 0.1) is 0 Å². The van der Waals surface area contributed by atoms with E-state index in [1.165, 1.54) is 0 Å². The normalized spacial score (nSPS) is 12.4. The third kappa shape index (κ3) is 13.7. The average molecular weight is 1070 g/mol. The molecule has 0 aliphatic heterocycles. The lowest BCUT2D eigenvalue weighted by molar-refractivity contribution is 0.0909. The average Bonchev–Trinajstić information content (AvgIpc) is 3.62. The third-order valence-electron chi connectivity index (χ3n) is 14.0. The molecule has 4 nitrogen and oxygen atoms in total. The Morgan fingerprint density at radius 1 is 0.280 bits per heavy atom. The van der Waals surface area contributed by atoms with Gasteiger partial charge in [0.2, 0.25) is 0 Å². The first kappa shape index (κ1) is 55.4. The van der Waals surface area contributed by atoms with Crippen LogP contribution < -0.4 is 10.6 Å². The Morgan fingerprint density at radius 3 is 0.646 bits per heavy atom. The smallest absolute Gasteiger partial charge is 0.252 e. The molecule has 2 amide bonds. The quantitative estimate of drug-likeness (QED) is 0.101. The zero-order valence-corrected chi connectivity index (χ0v) is 47.5. The molecular weight excluding hydrogens is 997 g/mol. The molecule has 10 aromatic carbocycles. The molecule has 0 radical (unpaired) electrons. The molecule has 0 spiro atoms. The van der Waals surface area contributed by atoms with Crippen LogP contribution >= 0.6 is 0 Å². The van der Waals surface area contributed by atoms with E-state index in [1.807, 2.05) is 187 Å². The van der Waals surface area contributed by atoms with Crippen LogP contribution in [0.3, 0.4) is 0 Å². The fraction of sp³-hybridized carbons (Fsp3) is 0.103. The molecule has 0 unspecified atom stereocenters. The molecule has 0 atom stereocenters. The first-order valence-corrected chi connectivity index (χ1v) is 28.1. The second kappa shape index (κ2) is 25.0. The van der Waals surface area contributed by atoms with E-state index in [0.717, 1.165) is 100 Å². The van der Waals surface area contributed by atoms with Crippen molar-refractivity contribution in [1.82, 2.24) is 10.6 Å². The zero-order valence-electron chi connectivity index (χ0n) is 47.5. The summed E-state index contributed by atoms with van der Waals surface area (Å²) in [5, 5.41) is 6.86. The maximum absolute atomic E-state index is 15.9. The summed E-state index contributed by atoms with van der Waals surface area (Å²) < 4.78 is 0. The highest BCUT2D eigenvalue weighted by molar-refractivity contribution is 6.13. The molecule has 0 fully saturated rings. The summed E-state index contributed by atoms with van der Waals surface area (Å²) in [6, 6.07) is 91.4. The van der Waals surface area contributed by atoms with E-state index in [2.05, 4.69) is 156 Å². The molecule has 0 saturated heterocycles. The van der Waals surface area contributed by atoms with Crippen molar-refractivity contribution in [3.63, 3.8) is 0 Å². The first-order chi connectivity index (χ1) is 39.7. The molecule has 0 bridgehead atoms. The Morgan fingerprint density at radius 2 is 0.463 bits per heavy atom. The Hall–Kier alpha value is -9.90. The summed E-state index contributed by atoms with van der Waals surface area (Å²) in [5.41, 5.74) is 15.7. The lowest BCUT2D eigenvalue weighted by atomic mass is 9.80. The van der Waals surface area contributed by atoms with Crippen LogP contribution in [0.25, 0.3) is 57.7 Å². The maximum Gasteiger partial charge on any atom is 0.252 e. The fourth-order valence-corrected chi connectivity index (χ4v) is 10.4. The largest absolute Gasteiger partial charge is 0.347 e. The maximum atomic E-state index is 15.9. The van der Waals surface area contributed by atoms with Crippen molar-refractivity contribution < 1.29 is 9.59 Å². The van der Waals surface area contributed by atoms with Crippen LogP contribution in [0.5, 0.6) is 0 Å². The molecule has 0 aromatic heterocycles. The molecule has 10 rings (SSSR count). The Balaban J connectivity index is 1.44. The topological polar surface area (TPSA) is 58.2 Å². The minimum Gasteiger partial charge on any atom is -0.347 e. The van der Waals surface area contributed by atoms with Gasteiger partial charge in [0.1, 0.15) is 0 Å². The molecule has 10 aromatic rings. The Bertz CT molecular complexity index is 3450. The SMILES string of the molecule is CC(C)(C)NC(=O)c1c(/C(=C/c2ccccc2)c2ccccc2)cc(-c2cc(/C(=C/c3ccccc3)c3ccccc3)c(C(=O)NC(C)(C)C)c(/C(=C/c3ccccc3)c3ccccc3)c2)cc1/C(=C/c1ccccc1)c1ccccc1. The van der Waals surface area contributed by atoms with E-state index in [1.54, 1.807) is 0 Å². The van der Waals surface area contributed by atoms with E-state index < -0.39 is 11.1 Å². The predicted octanol–water partition coefficient (Wildman–Crippen LogP) is 18.8. The highest BCUT2D eigenvalue weighted by Crippen LogP contribution is 2.44. The van der Waals surface area contributed by atoms with Crippen LogP contribution in [-0.4, -0.2) is 22.9 Å². The van der Waals surface area contributed by atoms with E-state index in [9.17, 15) is 0 Å². The number of carbonyl (C=O) groups is 2. The van der Waals surface area contributed by atoms with E-state index >= 15 is 9.59 Å². The Labute approximate surface area is 484 Å². The van der Waals surface area contributed by atoms with Gasteiger partial charge in [0.05, 0.1) is 11.1 Å². The van der Waals surface area contributed by atoms with Crippen LogP contribution in [-0.2, 0) is 0 Å². The van der Waals surface area contributed by atoms with Gasteiger partial charge in [-0.2, -0.15) is 0 Å². The Kier molecular flexibility index (Phi) is 16.9. The summed E-state index contributed by atoms with van der Waals surface area (Å²) in [5.74, 6) is -0.419. The van der Waals surface area contributed by atoms with Gasteiger partial charge in [-0.15, -0.1) is 0 Å². The minimum absolute atomic E-state index is 0.210. The molecular formula is C78H68N2O2. The summed E-state index contributed by atoms with van der Waals surface area (Å²) in [4.78, 5) is 31.8. The van der Waals surface area contributed by atoms with Gasteiger partial charge in [-0.25, -0.2) is 0 Å². The van der Waals surface area contributed by atoms with Crippen LogP contribution in [0.2, 0.25) is 0 Å². The summed E-state index contributed by atoms with van der Waals surface area (Å²) in [6.45, 7) is 12.1. The van der Waals surface area contributed by atoms with Crippen LogP contribution in [0.15, 0.2) is 267 Å². The number of rotatable bonds is 15. The molecule has 0 aliphatic rings. The van der Waals surface area contributed by atoms with Gasteiger partial charge in [-0.05, 0) is 190 Å². The van der Waals surface area contributed by atoms with Gasteiger partial charge in [-0.3, -0.25) is 9.59 Å². The van der Waals surface area contributed by atoms with Gasteiger partial charge in [0.25, 0.3) is 11.8 Å². The molecule has 0 saturated carbocycles. The van der Waals surface area contributed by atoms with Crippen molar-refractivity contribution in [2.24, 2.45) is 0 Å². The summed E-state index contributed by atoms with van der Waals surface area (Å²) >= 11 is 0. The van der Waals surface area contributed by atoms with Crippen molar-refractivity contribution >= 4 is 58.4 Å². The summed E-state index contributed by atoms with van der Waals surface area (Å²) in [6.07, 6.45) is 8.77. The lowest BCUT2D eigenvalue weighted by Gasteiger charge is -2.27. The van der Waals surface area contributed by atoms with Crippen molar-refractivity contribution in [2.45, 2.75) is 52.6 Å². The van der Waals surface area contributed by atoms with Gasteiger partial charge in [0, 0.05) is 11.1 Å². The van der Waals surface area contributed by atoms with E-state index in [0.29, 0.717) is 11.1 Å². The van der Waals surface area contributed by atoms with E-state index in [-0.39, 0.29) is 11.8 Å². The second-order valence-corrected chi connectivity index (χ2v) is 22.6. The van der Waals surface area contributed by atoms with Gasteiger partial charge in [0.15, 0.2) is 0 Å². The van der Waals surface area contributed by atoms with Crippen LogP contribution in [0.1, 0.15) is 129 Å².